The zero-order valence-corrected chi connectivity index (χ0v) is 19.4. The summed E-state index contributed by atoms with van der Waals surface area (Å²) in [7, 11) is 0. The Morgan fingerprint density at radius 3 is 2.73 bits per heavy atom. The van der Waals surface area contributed by atoms with Gasteiger partial charge in [-0.3, -0.25) is 4.79 Å². The zero-order valence-electron chi connectivity index (χ0n) is 18.6. The molecule has 168 valence electrons. The number of anilines is 1. The molecule has 0 atom stereocenters. The van der Waals surface area contributed by atoms with Gasteiger partial charge in [-0.15, -0.1) is 11.3 Å². The lowest BCUT2D eigenvalue weighted by Crippen LogP contribution is -2.16. The van der Waals surface area contributed by atoms with Crippen molar-refractivity contribution in [3.63, 3.8) is 0 Å². The Bertz CT molecular complexity index is 1350. The number of carbonyl (C=O) groups excluding carboxylic acids is 2. The van der Waals surface area contributed by atoms with E-state index in [2.05, 4.69) is 15.4 Å². The highest BCUT2D eigenvalue weighted by Gasteiger charge is 2.28. The Hall–Kier alpha value is -3.52. The fourth-order valence-electron chi connectivity index (χ4n) is 4.24. The SMILES string of the molecule is CCOC(=O)c1c(NC(=O)c2cnn3c(-c4ccc(C)cc4)ccnc23)sc2c1CCCC2. The molecule has 1 N–H and O–H groups in total. The largest absolute Gasteiger partial charge is 0.462 e. The summed E-state index contributed by atoms with van der Waals surface area (Å²) in [6.07, 6.45) is 7.06. The number of carbonyl (C=O) groups is 2. The molecule has 0 fully saturated rings. The summed E-state index contributed by atoms with van der Waals surface area (Å²) in [4.78, 5) is 31.5. The molecular formula is C25H24N4O3S. The van der Waals surface area contributed by atoms with Crippen molar-refractivity contribution in [3.8, 4) is 11.3 Å². The molecule has 1 amide bonds. The van der Waals surface area contributed by atoms with Gasteiger partial charge in [0.15, 0.2) is 5.65 Å². The van der Waals surface area contributed by atoms with Crippen molar-refractivity contribution in [2.45, 2.75) is 39.5 Å². The number of nitrogens with zero attached hydrogens (tertiary/aromatic N) is 3. The zero-order chi connectivity index (χ0) is 22.9. The average Bonchev–Trinajstić information content (AvgIpc) is 3.41. The minimum Gasteiger partial charge on any atom is -0.462 e. The molecule has 3 heterocycles. The molecular weight excluding hydrogens is 436 g/mol. The summed E-state index contributed by atoms with van der Waals surface area (Å²) in [6, 6.07) is 9.99. The van der Waals surface area contributed by atoms with Gasteiger partial charge in [-0.25, -0.2) is 14.3 Å². The van der Waals surface area contributed by atoms with Crippen LogP contribution in [-0.4, -0.2) is 33.1 Å². The first-order valence-electron chi connectivity index (χ1n) is 11.1. The van der Waals surface area contributed by atoms with Crippen LogP contribution >= 0.6 is 11.3 Å². The first kappa shape index (κ1) is 21.3. The number of hydrogen-bond donors (Lipinski definition) is 1. The van der Waals surface area contributed by atoms with Gasteiger partial charge >= 0.3 is 5.97 Å². The third-order valence-corrected chi connectivity index (χ3v) is 7.08. The van der Waals surface area contributed by atoms with E-state index < -0.39 is 0 Å². The second-order valence-corrected chi connectivity index (χ2v) is 9.18. The number of ether oxygens (including phenoxy) is 1. The third-order valence-electron chi connectivity index (χ3n) is 5.87. The van der Waals surface area contributed by atoms with Gasteiger partial charge in [-0.1, -0.05) is 29.8 Å². The molecule has 0 unspecified atom stereocenters. The number of fused-ring (bicyclic) bond motifs is 2. The molecule has 1 aromatic carbocycles. The summed E-state index contributed by atoms with van der Waals surface area (Å²) in [5.74, 6) is -0.727. The van der Waals surface area contributed by atoms with Crippen LogP contribution in [0, 0.1) is 6.92 Å². The normalized spacial score (nSPS) is 13.0. The van der Waals surface area contributed by atoms with Crippen molar-refractivity contribution in [2.24, 2.45) is 0 Å². The number of nitrogens with one attached hydrogen (secondary N) is 1. The van der Waals surface area contributed by atoms with Crippen LogP contribution < -0.4 is 5.32 Å². The Kier molecular flexibility index (Phi) is 5.68. The van der Waals surface area contributed by atoms with Crippen LogP contribution in [0.1, 0.15) is 56.5 Å². The predicted octanol–water partition coefficient (Wildman–Crippen LogP) is 5.07. The van der Waals surface area contributed by atoms with Crippen molar-refractivity contribution in [1.29, 1.82) is 0 Å². The van der Waals surface area contributed by atoms with E-state index in [0.717, 1.165) is 47.4 Å². The Morgan fingerprint density at radius 1 is 1.15 bits per heavy atom. The second kappa shape index (κ2) is 8.78. The minimum absolute atomic E-state index is 0.288. The third kappa shape index (κ3) is 3.91. The van der Waals surface area contributed by atoms with E-state index in [0.29, 0.717) is 21.8 Å². The molecule has 0 saturated heterocycles. The Labute approximate surface area is 195 Å². The van der Waals surface area contributed by atoms with Gasteiger partial charge in [0.05, 0.1) is 24.1 Å². The van der Waals surface area contributed by atoms with Gasteiger partial charge < -0.3 is 10.1 Å². The number of thiophene rings is 1. The van der Waals surface area contributed by atoms with E-state index in [1.807, 2.05) is 37.3 Å². The fourth-order valence-corrected chi connectivity index (χ4v) is 5.51. The minimum atomic E-state index is -0.383. The monoisotopic (exact) mass is 460 g/mol. The quantitative estimate of drug-likeness (QED) is 0.420. The number of hydrogen-bond acceptors (Lipinski definition) is 6. The van der Waals surface area contributed by atoms with Crippen LogP contribution in [-0.2, 0) is 17.6 Å². The van der Waals surface area contributed by atoms with Gasteiger partial charge in [0.25, 0.3) is 5.91 Å². The molecule has 5 rings (SSSR count). The van der Waals surface area contributed by atoms with Gasteiger partial charge in [0, 0.05) is 16.6 Å². The van der Waals surface area contributed by atoms with E-state index >= 15 is 0 Å². The first-order chi connectivity index (χ1) is 16.1. The average molecular weight is 461 g/mol. The number of esters is 1. The molecule has 0 spiro atoms. The molecule has 3 aromatic heterocycles. The number of benzene rings is 1. The maximum Gasteiger partial charge on any atom is 0.341 e. The van der Waals surface area contributed by atoms with Crippen LogP contribution in [0.15, 0.2) is 42.7 Å². The van der Waals surface area contributed by atoms with Crippen molar-refractivity contribution < 1.29 is 14.3 Å². The second-order valence-electron chi connectivity index (χ2n) is 8.08. The number of aromatic nitrogens is 3. The molecule has 0 saturated carbocycles. The molecule has 0 radical (unpaired) electrons. The summed E-state index contributed by atoms with van der Waals surface area (Å²) in [6.45, 7) is 4.11. The predicted molar refractivity (Wildman–Crippen MR) is 128 cm³/mol. The maximum absolute atomic E-state index is 13.3. The molecule has 1 aliphatic carbocycles. The molecule has 1 aliphatic rings. The van der Waals surface area contributed by atoms with E-state index in [9.17, 15) is 9.59 Å². The maximum atomic E-state index is 13.3. The lowest BCUT2D eigenvalue weighted by Gasteiger charge is -2.12. The van der Waals surface area contributed by atoms with Crippen LogP contribution in [0.3, 0.4) is 0 Å². The summed E-state index contributed by atoms with van der Waals surface area (Å²) < 4.78 is 6.97. The fraction of sp³-hybridized carbons (Fsp3) is 0.280. The van der Waals surface area contributed by atoms with Crippen molar-refractivity contribution in [3.05, 3.63) is 69.9 Å². The standard InChI is InChI=1S/C25H24N4O3S/c1-3-32-25(31)21-17-6-4-5-7-20(17)33-24(21)28-23(30)18-14-27-29-19(12-13-26-22(18)29)16-10-8-15(2)9-11-16/h8-14H,3-7H2,1-2H3,(H,28,30). The molecule has 8 heteroatoms. The molecule has 4 aromatic rings. The van der Waals surface area contributed by atoms with Crippen LogP contribution in [0.2, 0.25) is 0 Å². The van der Waals surface area contributed by atoms with Gasteiger partial charge in [-0.2, -0.15) is 5.10 Å². The lowest BCUT2D eigenvalue weighted by molar-refractivity contribution is 0.0526. The van der Waals surface area contributed by atoms with Gasteiger partial charge in [0.2, 0.25) is 0 Å². The highest BCUT2D eigenvalue weighted by atomic mass is 32.1. The number of amides is 1. The van der Waals surface area contributed by atoms with Gasteiger partial charge in [-0.05, 0) is 51.2 Å². The molecule has 0 bridgehead atoms. The smallest absolute Gasteiger partial charge is 0.341 e. The number of aryl methyl sites for hydroxylation is 2. The van der Waals surface area contributed by atoms with E-state index in [4.69, 9.17) is 4.74 Å². The number of rotatable bonds is 5. The van der Waals surface area contributed by atoms with Crippen LogP contribution in [0.4, 0.5) is 5.00 Å². The summed E-state index contributed by atoms with van der Waals surface area (Å²) in [5, 5.41) is 7.93. The first-order valence-corrected chi connectivity index (χ1v) is 11.9. The van der Waals surface area contributed by atoms with E-state index in [-0.39, 0.29) is 18.5 Å². The summed E-state index contributed by atoms with van der Waals surface area (Å²) >= 11 is 1.47. The van der Waals surface area contributed by atoms with Crippen molar-refractivity contribution >= 4 is 33.9 Å². The molecule has 0 aliphatic heterocycles. The Balaban J connectivity index is 1.51. The lowest BCUT2D eigenvalue weighted by atomic mass is 9.95. The van der Waals surface area contributed by atoms with Gasteiger partial charge in [0.1, 0.15) is 10.6 Å². The summed E-state index contributed by atoms with van der Waals surface area (Å²) in [5.41, 5.74) is 5.32. The van der Waals surface area contributed by atoms with Crippen molar-refractivity contribution in [1.82, 2.24) is 14.6 Å². The highest BCUT2D eigenvalue weighted by Crippen LogP contribution is 2.39. The Morgan fingerprint density at radius 2 is 1.94 bits per heavy atom. The van der Waals surface area contributed by atoms with E-state index in [1.165, 1.54) is 23.1 Å². The molecule has 33 heavy (non-hydrogen) atoms. The highest BCUT2D eigenvalue weighted by molar-refractivity contribution is 7.17. The van der Waals surface area contributed by atoms with Crippen LogP contribution in [0.25, 0.3) is 16.9 Å². The van der Waals surface area contributed by atoms with Crippen molar-refractivity contribution in [2.75, 3.05) is 11.9 Å². The van der Waals surface area contributed by atoms with Crippen LogP contribution in [0.5, 0.6) is 0 Å². The molecule has 7 nitrogen and oxygen atoms in total. The van der Waals surface area contributed by atoms with E-state index in [1.54, 1.807) is 17.6 Å². The topological polar surface area (TPSA) is 85.6 Å².